The van der Waals surface area contributed by atoms with E-state index in [4.69, 9.17) is 10.9 Å². The van der Waals surface area contributed by atoms with Crippen molar-refractivity contribution in [3.8, 4) is 12.3 Å². The molecule has 0 radical (unpaired) electrons. The maximum absolute atomic E-state index is 5.17. The van der Waals surface area contributed by atoms with Crippen LogP contribution in [0.15, 0.2) is 34.9 Å². The van der Waals surface area contributed by atoms with Crippen molar-refractivity contribution in [1.29, 1.82) is 0 Å². The van der Waals surface area contributed by atoms with Crippen molar-refractivity contribution >= 4 is 0 Å². The first-order chi connectivity index (χ1) is 7.88. The van der Waals surface area contributed by atoms with Crippen LogP contribution in [0.1, 0.15) is 23.7 Å². The second-order valence-corrected chi connectivity index (χ2v) is 3.47. The number of hydrogen-bond donors (Lipinski definition) is 0. The van der Waals surface area contributed by atoms with Crippen LogP contribution >= 0.6 is 0 Å². The van der Waals surface area contributed by atoms with Crippen molar-refractivity contribution in [2.75, 3.05) is 0 Å². The molecule has 0 bridgehead atoms. The van der Waals surface area contributed by atoms with E-state index in [9.17, 15) is 0 Å². The van der Waals surface area contributed by atoms with E-state index in [2.05, 4.69) is 16.1 Å². The third kappa shape index (κ3) is 2.71. The van der Waals surface area contributed by atoms with E-state index in [1.807, 2.05) is 30.3 Å². The predicted molar refractivity (Wildman–Crippen MR) is 60.7 cm³/mol. The van der Waals surface area contributed by atoms with E-state index < -0.39 is 0 Å². The minimum atomic E-state index is 0.615. The van der Waals surface area contributed by atoms with Gasteiger partial charge in [-0.1, -0.05) is 35.5 Å². The lowest BCUT2D eigenvalue weighted by atomic mass is 10.1. The third-order valence-electron chi connectivity index (χ3n) is 2.20. The van der Waals surface area contributed by atoms with Gasteiger partial charge in [-0.15, -0.1) is 12.3 Å². The van der Waals surface area contributed by atoms with E-state index in [1.54, 1.807) is 0 Å². The van der Waals surface area contributed by atoms with Crippen LogP contribution in [0.2, 0.25) is 0 Å². The molecule has 0 aliphatic rings. The SMILES string of the molecule is C#CCCc1nc(Cc2ccccc2)no1. The van der Waals surface area contributed by atoms with E-state index in [0.29, 0.717) is 31.0 Å². The lowest BCUT2D eigenvalue weighted by molar-refractivity contribution is 0.375. The Kier molecular flexibility index (Phi) is 3.35. The van der Waals surface area contributed by atoms with E-state index in [0.717, 1.165) is 0 Å². The van der Waals surface area contributed by atoms with Crippen LogP contribution < -0.4 is 0 Å². The van der Waals surface area contributed by atoms with Crippen LogP contribution in [0.3, 0.4) is 0 Å². The number of rotatable bonds is 4. The Morgan fingerprint density at radius 3 is 2.81 bits per heavy atom. The van der Waals surface area contributed by atoms with E-state index >= 15 is 0 Å². The van der Waals surface area contributed by atoms with Gasteiger partial charge in [-0.05, 0) is 5.56 Å². The van der Waals surface area contributed by atoms with Crippen LogP contribution in [0.4, 0.5) is 0 Å². The molecule has 1 heterocycles. The molecule has 0 amide bonds. The number of benzene rings is 1. The van der Waals surface area contributed by atoms with Gasteiger partial charge in [0.25, 0.3) is 0 Å². The van der Waals surface area contributed by atoms with Crippen LogP contribution in [0, 0.1) is 12.3 Å². The number of hydrogen-bond acceptors (Lipinski definition) is 3. The molecule has 0 aliphatic carbocycles. The molecule has 2 aromatic rings. The molecule has 1 aromatic heterocycles. The number of aromatic nitrogens is 2. The highest BCUT2D eigenvalue weighted by Crippen LogP contribution is 2.07. The van der Waals surface area contributed by atoms with Gasteiger partial charge in [0, 0.05) is 19.3 Å². The Balaban J connectivity index is 2.01. The van der Waals surface area contributed by atoms with Gasteiger partial charge in [0.05, 0.1) is 0 Å². The van der Waals surface area contributed by atoms with Crippen LogP contribution in [-0.2, 0) is 12.8 Å². The Bertz CT molecular complexity index is 482. The molecule has 3 heteroatoms. The fourth-order valence-corrected chi connectivity index (χ4v) is 1.42. The number of aryl methyl sites for hydroxylation is 1. The molecule has 0 N–H and O–H groups in total. The van der Waals surface area contributed by atoms with Crippen molar-refractivity contribution in [3.05, 3.63) is 47.6 Å². The van der Waals surface area contributed by atoms with Gasteiger partial charge in [0.1, 0.15) is 0 Å². The Hall–Kier alpha value is -2.08. The molecule has 0 saturated carbocycles. The van der Waals surface area contributed by atoms with Gasteiger partial charge >= 0.3 is 0 Å². The minimum absolute atomic E-state index is 0.615. The molecule has 1 aromatic carbocycles. The summed E-state index contributed by atoms with van der Waals surface area (Å²) in [7, 11) is 0. The summed E-state index contributed by atoms with van der Waals surface area (Å²) in [6.45, 7) is 0. The quantitative estimate of drug-likeness (QED) is 0.729. The summed E-state index contributed by atoms with van der Waals surface area (Å²) in [5, 5.41) is 3.91. The molecule has 3 nitrogen and oxygen atoms in total. The zero-order valence-electron chi connectivity index (χ0n) is 8.89. The topological polar surface area (TPSA) is 38.9 Å². The monoisotopic (exact) mass is 212 g/mol. The molecule has 0 unspecified atom stereocenters. The van der Waals surface area contributed by atoms with Gasteiger partial charge < -0.3 is 4.52 Å². The van der Waals surface area contributed by atoms with Crippen LogP contribution in [-0.4, -0.2) is 10.1 Å². The number of terminal acetylenes is 1. The maximum Gasteiger partial charge on any atom is 0.227 e. The molecular weight excluding hydrogens is 200 g/mol. The second kappa shape index (κ2) is 5.13. The first kappa shape index (κ1) is 10.4. The van der Waals surface area contributed by atoms with Gasteiger partial charge in [0.2, 0.25) is 5.89 Å². The van der Waals surface area contributed by atoms with Gasteiger partial charge in [-0.25, -0.2) is 0 Å². The van der Waals surface area contributed by atoms with Crippen molar-refractivity contribution in [1.82, 2.24) is 10.1 Å². The summed E-state index contributed by atoms with van der Waals surface area (Å²) >= 11 is 0. The zero-order valence-corrected chi connectivity index (χ0v) is 8.89. The van der Waals surface area contributed by atoms with Gasteiger partial charge in [-0.2, -0.15) is 4.98 Å². The summed E-state index contributed by atoms with van der Waals surface area (Å²) in [4.78, 5) is 4.27. The van der Waals surface area contributed by atoms with Crippen molar-refractivity contribution < 1.29 is 4.52 Å². The van der Waals surface area contributed by atoms with Gasteiger partial charge in [0.15, 0.2) is 5.82 Å². The zero-order chi connectivity index (χ0) is 11.2. The minimum Gasteiger partial charge on any atom is -0.339 e. The molecule has 0 fully saturated rings. The van der Waals surface area contributed by atoms with Crippen molar-refractivity contribution in [2.24, 2.45) is 0 Å². The average Bonchev–Trinajstić information content (AvgIpc) is 2.75. The maximum atomic E-state index is 5.17. The molecule has 16 heavy (non-hydrogen) atoms. The fraction of sp³-hybridized carbons (Fsp3) is 0.231. The highest BCUT2D eigenvalue weighted by molar-refractivity contribution is 5.18. The van der Waals surface area contributed by atoms with Crippen molar-refractivity contribution in [2.45, 2.75) is 19.3 Å². The van der Waals surface area contributed by atoms with E-state index in [1.165, 1.54) is 5.56 Å². The highest BCUT2D eigenvalue weighted by Gasteiger charge is 2.05. The molecule has 0 atom stereocenters. The molecule has 0 aliphatic heterocycles. The highest BCUT2D eigenvalue weighted by atomic mass is 16.5. The Morgan fingerprint density at radius 1 is 1.25 bits per heavy atom. The molecule has 0 spiro atoms. The third-order valence-corrected chi connectivity index (χ3v) is 2.20. The second-order valence-electron chi connectivity index (χ2n) is 3.47. The predicted octanol–water partition coefficient (Wildman–Crippen LogP) is 2.23. The number of nitrogens with zero attached hydrogens (tertiary/aromatic N) is 2. The first-order valence-electron chi connectivity index (χ1n) is 5.17. The summed E-state index contributed by atoms with van der Waals surface area (Å²) in [6, 6.07) is 10.1. The lowest BCUT2D eigenvalue weighted by Gasteiger charge is -1.93. The largest absolute Gasteiger partial charge is 0.339 e. The standard InChI is InChI=1S/C13H12N2O/c1-2-3-9-13-14-12(15-16-13)10-11-7-5-4-6-8-11/h1,4-8H,3,9-10H2. The fourth-order valence-electron chi connectivity index (χ4n) is 1.42. The summed E-state index contributed by atoms with van der Waals surface area (Å²) in [6.07, 6.45) is 7.14. The normalized spacial score (nSPS) is 9.94. The smallest absolute Gasteiger partial charge is 0.227 e. The summed E-state index contributed by atoms with van der Waals surface area (Å²) in [5.74, 6) is 3.87. The van der Waals surface area contributed by atoms with E-state index in [-0.39, 0.29) is 0 Å². The lowest BCUT2D eigenvalue weighted by Crippen LogP contribution is -1.91. The molecule has 2 rings (SSSR count). The Morgan fingerprint density at radius 2 is 2.06 bits per heavy atom. The molecule has 0 saturated heterocycles. The summed E-state index contributed by atoms with van der Waals surface area (Å²) in [5.41, 5.74) is 1.17. The average molecular weight is 212 g/mol. The summed E-state index contributed by atoms with van der Waals surface area (Å²) < 4.78 is 5.08. The van der Waals surface area contributed by atoms with Crippen molar-refractivity contribution in [3.63, 3.8) is 0 Å². The van der Waals surface area contributed by atoms with Gasteiger partial charge in [-0.3, -0.25) is 0 Å². The molecule has 80 valence electrons. The molecular formula is C13H12N2O. The first-order valence-corrected chi connectivity index (χ1v) is 5.17. The van der Waals surface area contributed by atoms with Crippen LogP contribution in [0.5, 0.6) is 0 Å². The van der Waals surface area contributed by atoms with Crippen LogP contribution in [0.25, 0.3) is 0 Å². The Labute approximate surface area is 94.5 Å².